The minimum absolute atomic E-state index is 0.00650. The Morgan fingerprint density at radius 1 is 1.20 bits per heavy atom. The number of hydrogen-bond acceptors (Lipinski definition) is 4. The molecule has 2 aromatic carbocycles. The average molecular weight is 271 g/mol. The van der Waals surface area contributed by atoms with Crippen molar-refractivity contribution in [1.29, 1.82) is 0 Å². The topological polar surface area (TPSA) is 98.3 Å². The normalized spacial score (nSPS) is 10.1. The van der Waals surface area contributed by atoms with E-state index in [2.05, 4.69) is 5.32 Å². The third-order valence-electron chi connectivity index (χ3n) is 2.84. The zero-order valence-electron chi connectivity index (χ0n) is 10.8. The van der Waals surface area contributed by atoms with Crippen LogP contribution in [0.3, 0.4) is 0 Å². The highest BCUT2D eigenvalue weighted by Gasteiger charge is 2.11. The summed E-state index contributed by atoms with van der Waals surface area (Å²) in [4.78, 5) is 22.2. The molecule has 6 heteroatoms. The van der Waals surface area contributed by atoms with Crippen LogP contribution in [-0.2, 0) is 0 Å². The van der Waals surface area contributed by atoms with E-state index in [4.69, 9.17) is 5.73 Å². The molecule has 0 radical (unpaired) electrons. The van der Waals surface area contributed by atoms with Gasteiger partial charge in [-0.25, -0.2) is 0 Å². The van der Waals surface area contributed by atoms with Crippen LogP contribution in [-0.4, -0.2) is 10.8 Å². The maximum absolute atomic E-state index is 12.0. The molecule has 6 nitrogen and oxygen atoms in total. The van der Waals surface area contributed by atoms with E-state index in [0.29, 0.717) is 22.5 Å². The van der Waals surface area contributed by atoms with E-state index >= 15 is 0 Å². The molecule has 0 aliphatic carbocycles. The fourth-order valence-corrected chi connectivity index (χ4v) is 1.73. The highest BCUT2D eigenvalue weighted by Crippen LogP contribution is 2.21. The van der Waals surface area contributed by atoms with Crippen molar-refractivity contribution < 1.29 is 9.72 Å². The second kappa shape index (κ2) is 5.40. The number of amides is 1. The first-order chi connectivity index (χ1) is 9.47. The number of non-ortho nitro benzene ring substituents is 1. The van der Waals surface area contributed by atoms with Crippen molar-refractivity contribution >= 4 is 23.0 Å². The summed E-state index contributed by atoms with van der Waals surface area (Å²) in [5.41, 5.74) is 7.76. The molecule has 0 saturated heterocycles. The molecule has 0 aromatic heterocycles. The van der Waals surface area contributed by atoms with E-state index in [1.165, 1.54) is 18.2 Å². The molecule has 102 valence electrons. The number of nitro groups is 1. The fraction of sp³-hybridized carbons (Fsp3) is 0.0714. The molecule has 0 fully saturated rings. The number of anilines is 2. The third kappa shape index (κ3) is 2.92. The maximum Gasteiger partial charge on any atom is 0.269 e. The molecule has 0 bridgehead atoms. The molecule has 0 saturated carbocycles. The minimum atomic E-state index is -0.474. The number of hydrogen-bond donors (Lipinski definition) is 2. The maximum atomic E-state index is 12.0. The quantitative estimate of drug-likeness (QED) is 0.509. The Bertz CT molecular complexity index is 666. The average Bonchev–Trinajstić information content (AvgIpc) is 2.41. The zero-order chi connectivity index (χ0) is 14.7. The van der Waals surface area contributed by atoms with E-state index < -0.39 is 4.92 Å². The molecule has 2 aromatic rings. The Morgan fingerprint density at radius 3 is 2.40 bits per heavy atom. The van der Waals surface area contributed by atoms with Gasteiger partial charge in [0.1, 0.15) is 0 Å². The number of nitrogens with two attached hydrogens (primary N) is 1. The van der Waals surface area contributed by atoms with Crippen molar-refractivity contribution in [2.24, 2.45) is 0 Å². The van der Waals surface area contributed by atoms with Gasteiger partial charge in [0.05, 0.1) is 4.92 Å². The molecule has 0 unspecified atom stereocenters. The van der Waals surface area contributed by atoms with Crippen LogP contribution in [0.25, 0.3) is 0 Å². The van der Waals surface area contributed by atoms with Crippen molar-refractivity contribution in [3.8, 4) is 0 Å². The molecule has 3 N–H and O–H groups in total. The van der Waals surface area contributed by atoms with Gasteiger partial charge in [-0.05, 0) is 42.8 Å². The standard InChI is InChI=1S/C14H13N3O3/c1-9-8-12(17(19)20)6-7-13(9)16-14(18)10-2-4-11(15)5-3-10/h2-8H,15H2,1H3,(H,16,18). The highest BCUT2D eigenvalue weighted by atomic mass is 16.6. The fourth-order valence-electron chi connectivity index (χ4n) is 1.73. The van der Waals surface area contributed by atoms with Gasteiger partial charge in [0, 0.05) is 29.1 Å². The number of nitrogen functional groups attached to an aromatic ring is 1. The predicted molar refractivity (Wildman–Crippen MR) is 76.6 cm³/mol. The Kier molecular flexibility index (Phi) is 3.65. The second-order valence-electron chi connectivity index (χ2n) is 4.33. The van der Waals surface area contributed by atoms with Crippen LogP contribution in [0.5, 0.6) is 0 Å². The largest absolute Gasteiger partial charge is 0.399 e. The molecule has 0 heterocycles. The Balaban J connectivity index is 2.19. The first kappa shape index (κ1) is 13.5. The summed E-state index contributed by atoms with van der Waals surface area (Å²) in [6, 6.07) is 10.8. The summed E-state index contributed by atoms with van der Waals surface area (Å²) in [6.45, 7) is 1.70. The van der Waals surface area contributed by atoms with Gasteiger partial charge in [-0.3, -0.25) is 14.9 Å². The van der Waals surface area contributed by atoms with E-state index in [-0.39, 0.29) is 11.6 Å². The summed E-state index contributed by atoms with van der Waals surface area (Å²) in [5, 5.41) is 13.4. The van der Waals surface area contributed by atoms with Crippen LogP contribution in [0.1, 0.15) is 15.9 Å². The second-order valence-corrected chi connectivity index (χ2v) is 4.33. The Hall–Kier alpha value is -2.89. The van der Waals surface area contributed by atoms with E-state index in [1.54, 1.807) is 31.2 Å². The van der Waals surface area contributed by atoms with Crippen molar-refractivity contribution in [2.75, 3.05) is 11.1 Å². The number of rotatable bonds is 3. The molecule has 0 aliphatic heterocycles. The first-order valence-electron chi connectivity index (χ1n) is 5.89. The van der Waals surface area contributed by atoms with Crippen LogP contribution < -0.4 is 11.1 Å². The summed E-state index contributed by atoms with van der Waals surface area (Å²) in [6.07, 6.45) is 0. The Morgan fingerprint density at radius 2 is 1.85 bits per heavy atom. The number of nitrogens with one attached hydrogen (secondary N) is 1. The number of carbonyl (C=O) groups is 1. The van der Waals surface area contributed by atoms with Gasteiger partial charge in [-0.2, -0.15) is 0 Å². The summed E-state index contributed by atoms with van der Waals surface area (Å²) < 4.78 is 0. The summed E-state index contributed by atoms with van der Waals surface area (Å²) in [7, 11) is 0. The van der Waals surface area contributed by atoms with Crippen LogP contribution >= 0.6 is 0 Å². The van der Waals surface area contributed by atoms with Crippen molar-refractivity contribution in [2.45, 2.75) is 6.92 Å². The van der Waals surface area contributed by atoms with Gasteiger partial charge >= 0.3 is 0 Å². The lowest BCUT2D eigenvalue weighted by molar-refractivity contribution is -0.384. The van der Waals surface area contributed by atoms with E-state index in [9.17, 15) is 14.9 Å². The first-order valence-corrected chi connectivity index (χ1v) is 5.89. The zero-order valence-corrected chi connectivity index (χ0v) is 10.8. The predicted octanol–water partition coefficient (Wildman–Crippen LogP) is 2.74. The molecule has 0 aliphatic rings. The lowest BCUT2D eigenvalue weighted by Crippen LogP contribution is -2.12. The van der Waals surface area contributed by atoms with Crippen molar-refractivity contribution in [3.63, 3.8) is 0 Å². The smallest absolute Gasteiger partial charge is 0.269 e. The molecule has 20 heavy (non-hydrogen) atoms. The third-order valence-corrected chi connectivity index (χ3v) is 2.84. The Labute approximate surface area is 115 Å². The molecular formula is C14H13N3O3. The van der Waals surface area contributed by atoms with Gasteiger partial charge in [-0.15, -0.1) is 0 Å². The van der Waals surface area contributed by atoms with Crippen LogP contribution in [0.2, 0.25) is 0 Å². The lowest BCUT2D eigenvalue weighted by Gasteiger charge is -2.08. The van der Waals surface area contributed by atoms with Crippen molar-refractivity contribution in [1.82, 2.24) is 0 Å². The summed E-state index contributed by atoms with van der Waals surface area (Å²) >= 11 is 0. The lowest BCUT2D eigenvalue weighted by atomic mass is 10.1. The summed E-state index contributed by atoms with van der Waals surface area (Å²) in [5.74, 6) is -0.290. The number of benzene rings is 2. The molecule has 0 atom stereocenters. The van der Waals surface area contributed by atoms with Crippen LogP contribution in [0.4, 0.5) is 17.1 Å². The molecule has 1 amide bonds. The van der Waals surface area contributed by atoms with Crippen LogP contribution in [0.15, 0.2) is 42.5 Å². The number of aryl methyl sites for hydroxylation is 1. The van der Waals surface area contributed by atoms with Gasteiger partial charge in [0.2, 0.25) is 0 Å². The SMILES string of the molecule is Cc1cc([N+](=O)[O-])ccc1NC(=O)c1ccc(N)cc1. The number of nitrogens with zero attached hydrogens (tertiary/aromatic N) is 1. The van der Waals surface area contributed by atoms with Gasteiger partial charge in [0.15, 0.2) is 0 Å². The monoisotopic (exact) mass is 271 g/mol. The number of nitro benzene ring substituents is 1. The molecule has 0 spiro atoms. The van der Waals surface area contributed by atoms with Crippen molar-refractivity contribution in [3.05, 3.63) is 63.7 Å². The van der Waals surface area contributed by atoms with Crippen LogP contribution in [0, 0.1) is 17.0 Å². The van der Waals surface area contributed by atoms with Gasteiger partial charge in [0.25, 0.3) is 11.6 Å². The number of carbonyl (C=O) groups excluding carboxylic acids is 1. The molecular weight excluding hydrogens is 258 g/mol. The van der Waals surface area contributed by atoms with E-state index in [0.717, 1.165) is 0 Å². The highest BCUT2D eigenvalue weighted by molar-refractivity contribution is 6.04. The van der Waals surface area contributed by atoms with Gasteiger partial charge in [-0.1, -0.05) is 0 Å². The molecule has 2 rings (SSSR count). The minimum Gasteiger partial charge on any atom is -0.399 e. The van der Waals surface area contributed by atoms with Gasteiger partial charge < -0.3 is 11.1 Å². The van der Waals surface area contributed by atoms with E-state index in [1.807, 2.05) is 0 Å².